The first-order valence-corrected chi connectivity index (χ1v) is 6.19. The molecule has 0 aliphatic heterocycles. The van der Waals surface area contributed by atoms with E-state index < -0.39 is 5.54 Å². The van der Waals surface area contributed by atoms with Crippen LogP contribution in [0.25, 0.3) is 0 Å². The van der Waals surface area contributed by atoms with Crippen LogP contribution in [0.4, 0.5) is 0 Å². The number of rotatable bonds is 5. The average molecular weight is 249 g/mol. The van der Waals surface area contributed by atoms with E-state index in [1.807, 2.05) is 6.92 Å². The SMILES string of the molecule is COC(=O)C(C)(NCC1CC1)c1ccc(O)cc1. The lowest BCUT2D eigenvalue weighted by Crippen LogP contribution is -2.48. The lowest BCUT2D eigenvalue weighted by molar-refractivity contribution is -0.148. The normalized spacial score (nSPS) is 18.1. The fourth-order valence-electron chi connectivity index (χ4n) is 1.96. The largest absolute Gasteiger partial charge is 0.508 e. The molecule has 0 aromatic heterocycles. The van der Waals surface area contributed by atoms with E-state index in [9.17, 15) is 9.90 Å². The minimum Gasteiger partial charge on any atom is -0.508 e. The number of methoxy groups -OCH3 is 1. The van der Waals surface area contributed by atoms with Crippen LogP contribution >= 0.6 is 0 Å². The second-order valence-corrected chi connectivity index (χ2v) is 4.99. The predicted molar refractivity (Wildman–Crippen MR) is 68.2 cm³/mol. The van der Waals surface area contributed by atoms with Crippen molar-refractivity contribution in [3.05, 3.63) is 29.8 Å². The molecule has 0 heterocycles. The number of carbonyl (C=O) groups is 1. The lowest BCUT2D eigenvalue weighted by atomic mass is 9.91. The molecule has 1 aromatic rings. The molecule has 4 heteroatoms. The standard InChI is InChI=1S/C14H19NO3/c1-14(13(17)18-2,15-9-10-3-4-10)11-5-7-12(16)8-6-11/h5-8,10,15-16H,3-4,9H2,1-2H3. The molecule has 0 saturated heterocycles. The molecule has 98 valence electrons. The van der Waals surface area contributed by atoms with Crippen molar-refractivity contribution < 1.29 is 14.6 Å². The number of nitrogens with one attached hydrogen (secondary N) is 1. The Kier molecular flexibility index (Phi) is 3.57. The minimum absolute atomic E-state index is 0.188. The Balaban J connectivity index is 2.21. The number of phenols is 1. The van der Waals surface area contributed by atoms with Crippen LogP contribution in [-0.2, 0) is 15.1 Å². The molecule has 1 aliphatic carbocycles. The summed E-state index contributed by atoms with van der Waals surface area (Å²) in [5, 5.41) is 12.6. The van der Waals surface area contributed by atoms with Crippen LogP contribution in [0, 0.1) is 5.92 Å². The molecule has 1 fully saturated rings. The highest BCUT2D eigenvalue weighted by atomic mass is 16.5. The van der Waals surface area contributed by atoms with Crippen molar-refractivity contribution in [2.24, 2.45) is 5.92 Å². The van der Waals surface area contributed by atoms with Crippen LogP contribution in [0.3, 0.4) is 0 Å². The minimum atomic E-state index is -0.856. The zero-order valence-electron chi connectivity index (χ0n) is 10.8. The second kappa shape index (κ2) is 4.98. The van der Waals surface area contributed by atoms with Gasteiger partial charge in [0.1, 0.15) is 11.3 Å². The Labute approximate surface area is 107 Å². The van der Waals surface area contributed by atoms with Crippen molar-refractivity contribution in [3.8, 4) is 5.75 Å². The van der Waals surface area contributed by atoms with Crippen molar-refractivity contribution in [2.75, 3.05) is 13.7 Å². The summed E-state index contributed by atoms with van der Waals surface area (Å²) < 4.78 is 4.89. The molecule has 2 N–H and O–H groups in total. The summed E-state index contributed by atoms with van der Waals surface area (Å²) in [6.45, 7) is 2.63. The molecule has 4 nitrogen and oxygen atoms in total. The van der Waals surface area contributed by atoms with Gasteiger partial charge in [0.05, 0.1) is 7.11 Å². The van der Waals surface area contributed by atoms with Crippen molar-refractivity contribution in [1.82, 2.24) is 5.32 Å². The number of hydrogen-bond donors (Lipinski definition) is 2. The fraction of sp³-hybridized carbons (Fsp3) is 0.500. The highest BCUT2D eigenvalue weighted by Gasteiger charge is 2.37. The molecule has 1 aliphatic rings. The fourth-order valence-corrected chi connectivity index (χ4v) is 1.96. The van der Waals surface area contributed by atoms with Gasteiger partial charge in [0, 0.05) is 0 Å². The van der Waals surface area contributed by atoms with Crippen LogP contribution in [0.2, 0.25) is 0 Å². The van der Waals surface area contributed by atoms with E-state index in [0.29, 0.717) is 5.92 Å². The third-order valence-electron chi connectivity index (χ3n) is 3.48. The highest BCUT2D eigenvalue weighted by molar-refractivity contribution is 5.82. The molecule has 0 spiro atoms. The molecule has 1 saturated carbocycles. The van der Waals surface area contributed by atoms with Crippen LogP contribution in [0.5, 0.6) is 5.75 Å². The zero-order valence-corrected chi connectivity index (χ0v) is 10.8. The third kappa shape index (κ3) is 2.64. The quantitative estimate of drug-likeness (QED) is 0.781. The van der Waals surface area contributed by atoms with Gasteiger partial charge in [0.2, 0.25) is 0 Å². The molecule has 1 unspecified atom stereocenters. The van der Waals surface area contributed by atoms with Gasteiger partial charge in [-0.2, -0.15) is 0 Å². The number of benzene rings is 1. The summed E-state index contributed by atoms with van der Waals surface area (Å²) in [5.41, 5.74) is -0.0572. The van der Waals surface area contributed by atoms with Gasteiger partial charge in [-0.1, -0.05) is 12.1 Å². The van der Waals surface area contributed by atoms with Gasteiger partial charge in [0.15, 0.2) is 0 Å². The maximum absolute atomic E-state index is 12.0. The van der Waals surface area contributed by atoms with Gasteiger partial charge in [0.25, 0.3) is 0 Å². The summed E-state index contributed by atoms with van der Waals surface area (Å²) in [4.78, 5) is 12.0. The number of ether oxygens (including phenoxy) is 1. The molecule has 2 rings (SSSR count). The van der Waals surface area contributed by atoms with E-state index >= 15 is 0 Å². The van der Waals surface area contributed by atoms with Gasteiger partial charge >= 0.3 is 5.97 Å². The zero-order chi connectivity index (χ0) is 13.2. The molecular weight excluding hydrogens is 230 g/mol. The van der Waals surface area contributed by atoms with Crippen LogP contribution in [-0.4, -0.2) is 24.7 Å². The molecule has 1 atom stereocenters. The molecule has 1 aromatic carbocycles. The Morgan fingerprint density at radius 1 is 1.44 bits per heavy atom. The summed E-state index contributed by atoms with van der Waals surface area (Å²) in [6, 6.07) is 6.64. The Morgan fingerprint density at radius 2 is 2.06 bits per heavy atom. The first-order valence-electron chi connectivity index (χ1n) is 6.19. The van der Waals surface area contributed by atoms with E-state index in [1.165, 1.54) is 20.0 Å². The van der Waals surface area contributed by atoms with Crippen LogP contribution in [0.15, 0.2) is 24.3 Å². The van der Waals surface area contributed by atoms with Gasteiger partial charge in [-0.15, -0.1) is 0 Å². The summed E-state index contributed by atoms with van der Waals surface area (Å²) in [6.07, 6.45) is 2.44. The van der Waals surface area contributed by atoms with E-state index in [4.69, 9.17) is 4.74 Å². The van der Waals surface area contributed by atoms with Crippen molar-refractivity contribution in [3.63, 3.8) is 0 Å². The average Bonchev–Trinajstić information content (AvgIpc) is 3.19. The van der Waals surface area contributed by atoms with E-state index in [1.54, 1.807) is 24.3 Å². The van der Waals surface area contributed by atoms with Gasteiger partial charge in [-0.25, -0.2) is 4.79 Å². The number of carbonyl (C=O) groups excluding carboxylic acids is 1. The van der Waals surface area contributed by atoms with Gasteiger partial charge < -0.3 is 9.84 Å². The number of esters is 1. The van der Waals surface area contributed by atoms with E-state index in [-0.39, 0.29) is 11.7 Å². The van der Waals surface area contributed by atoms with Crippen molar-refractivity contribution in [1.29, 1.82) is 0 Å². The predicted octanol–water partition coefficient (Wildman–Crippen LogP) is 1.78. The van der Waals surface area contributed by atoms with Crippen LogP contribution in [0.1, 0.15) is 25.3 Å². The second-order valence-electron chi connectivity index (χ2n) is 4.99. The third-order valence-corrected chi connectivity index (χ3v) is 3.48. The Hall–Kier alpha value is -1.55. The monoisotopic (exact) mass is 249 g/mol. The first-order chi connectivity index (χ1) is 8.56. The number of aromatic hydroxyl groups is 1. The van der Waals surface area contributed by atoms with Gasteiger partial charge in [-0.3, -0.25) is 5.32 Å². The smallest absolute Gasteiger partial charge is 0.330 e. The summed E-state index contributed by atoms with van der Waals surface area (Å²) in [5.74, 6) is 0.549. The lowest BCUT2D eigenvalue weighted by Gasteiger charge is -2.28. The number of phenolic OH excluding ortho intramolecular Hbond substituents is 1. The number of hydrogen-bond acceptors (Lipinski definition) is 4. The van der Waals surface area contributed by atoms with Gasteiger partial charge in [-0.05, 0) is 49.9 Å². The molecule has 18 heavy (non-hydrogen) atoms. The first kappa shape index (κ1) is 12.9. The summed E-state index contributed by atoms with van der Waals surface area (Å²) in [7, 11) is 1.39. The van der Waals surface area contributed by atoms with Crippen molar-refractivity contribution >= 4 is 5.97 Å². The van der Waals surface area contributed by atoms with E-state index in [2.05, 4.69) is 5.32 Å². The Bertz CT molecular complexity index is 425. The maximum Gasteiger partial charge on any atom is 0.330 e. The van der Waals surface area contributed by atoms with E-state index in [0.717, 1.165) is 12.1 Å². The van der Waals surface area contributed by atoms with Crippen LogP contribution < -0.4 is 5.32 Å². The molecule has 0 amide bonds. The highest BCUT2D eigenvalue weighted by Crippen LogP contribution is 2.30. The molecular formula is C14H19NO3. The van der Waals surface area contributed by atoms with Crippen molar-refractivity contribution in [2.45, 2.75) is 25.3 Å². The topological polar surface area (TPSA) is 58.6 Å². The Morgan fingerprint density at radius 3 is 2.56 bits per heavy atom. The summed E-state index contributed by atoms with van der Waals surface area (Å²) >= 11 is 0. The molecule has 0 bridgehead atoms. The maximum atomic E-state index is 12.0. The molecule has 0 radical (unpaired) electrons.